The summed E-state index contributed by atoms with van der Waals surface area (Å²) in [4.78, 5) is 0. The third-order valence-electron chi connectivity index (χ3n) is 1.65. The van der Waals surface area contributed by atoms with Crippen LogP contribution in [0, 0.1) is 0 Å². The Morgan fingerprint density at radius 2 is 1.77 bits per heavy atom. The lowest BCUT2D eigenvalue weighted by Crippen LogP contribution is -1.93. The van der Waals surface area contributed by atoms with E-state index in [9.17, 15) is 5.11 Å². The van der Waals surface area contributed by atoms with Crippen molar-refractivity contribution in [2.45, 2.75) is 6.42 Å². The maximum absolute atomic E-state index is 9.28. The molecule has 1 rings (SSSR count). The number of phenols is 3. The molecular formula is C8H9ClO4. The fraction of sp³-hybridized carbons (Fsp3) is 0.250. The molecule has 0 heterocycles. The third-order valence-corrected chi connectivity index (χ3v) is 2.08. The Kier molecular flexibility index (Phi) is 2.85. The molecule has 72 valence electrons. The molecule has 0 aliphatic rings. The molecule has 0 saturated heterocycles. The van der Waals surface area contributed by atoms with E-state index in [4.69, 9.17) is 26.9 Å². The van der Waals surface area contributed by atoms with Gasteiger partial charge in [-0.05, 0) is 0 Å². The molecule has 0 spiro atoms. The molecule has 0 amide bonds. The van der Waals surface area contributed by atoms with Crippen LogP contribution in [0.15, 0.2) is 6.07 Å². The van der Waals surface area contributed by atoms with Crippen molar-refractivity contribution in [2.75, 3.05) is 6.61 Å². The third kappa shape index (κ3) is 1.79. The SMILES string of the molecule is OCCc1c(O)c(O)cc(O)c1Cl. The molecule has 0 aliphatic carbocycles. The lowest BCUT2D eigenvalue weighted by molar-refractivity contribution is 0.296. The topological polar surface area (TPSA) is 80.9 Å². The normalized spacial score (nSPS) is 10.3. The molecule has 0 aromatic heterocycles. The van der Waals surface area contributed by atoms with Crippen molar-refractivity contribution >= 4 is 11.6 Å². The molecular weight excluding hydrogens is 196 g/mol. The zero-order valence-electron chi connectivity index (χ0n) is 6.66. The smallest absolute Gasteiger partial charge is 0.162 e. The van der Waals surface area contributed by atoms with Crippen molar-refractivity contribution in [1.29, 1.82) is 0 Å². The summed E-state index contributed by atoms with van der Waals surface area (Å²) in [6.07, 6.45) is 0.0760. The van der Waals surface area contributed by atoms with Crippen LogP contribution in [0.25, 0.3) is 0 Å². The molecule has 13 heavy (non-hydrogen) atoms. The van der Waals surface area contributed by atoms with E-state index in [1.54, 1.807) is 0 Å². The van der Waals surface area contributed by atoms with E-state index < -0.39 is 11.5 Å². The summed E-state index contributed by atoms with van der Waals surface area (Å²) in [5.74, 6) is -1.18. The van der Waals surface area contributed by atoms with Gasteiger partial charge in [-0.1, -0.05) is 11.6 Å². The average molecular weight is 205 g/mol. The van der Waals surface area contributed by atoms with Crippen LogP contribution < -0.4 is 0 Å². The van der Waals surface area contributed by atoms with E-state index in [1.807, 2.05) is 0 Å². The standard InChI is InChI=1S/C8H9ClO4/c9-7-4(1-2-10)8(13)6(12)3-5(7)11/h3,10-13H,1-2H2. The highest BCUT2D eigenvalue weighted by molar-refractivity contribution is 6.33. The number of phenolic OH excluding ortho intramolecular Hbond substituents is 3. The van der Waals surface area contributed by atoms with Crippen molar-refractivity contribution < 1.29 is 20.4 Å². The average Bonchev–Trinajstić information content (AvgIpc) is 2.09. The first kappa shape index (κ1) is 9.95. The van der Waals surface area contributed by atoms with Gasteiger partial charge >= 0.3 is 0 Å². The highest BCUT2D eigenvalue weighted by Crippen LogP contribution is 2.40. The molecule has 0 bridgehead atoms. The first-order valence-corrected chi connectivity index (χ1v) is 3.98. The van der Waals surface area contributed by atoms with Crippen LogP contribution in [0.5, 0.6) is 17.2 Å². The van der Waals surface area contributed by atoms with E-state index in [1.165, 1.54) is 0 Å². The van der Waals surface area contributed by atoms with Crippen molar-refractivity contribution in [1.82, 2.24) is 0 Å². The van der Waals surface area contributed by atoms with E-state index in [0.717, 1.165) is 6.07 Å². The van der Waals surface area contributed by atoms with E-state index >= 15 is 0 Å². The largest absolute Gasteiger partial charge is 0.506 e. The highest BCUT2D eigenvalue weighted by atomic mass is 35.5. The van der Waals surface area contributed by atoms with Gasteiger partial charge in [-0.3, -0.25) is 0 Å². The summed E-state index contributed by atoms with van der Waals surface area (Å²) in [7, 11) is 0. The maximum atomic E-state index is 9.28. The van der Waals surface area contributed by atoms with Crippen LogP contribution in [-0.2, 0) is 6.42 Å². The molecule has 0 atom stereocenters. The number of hydrogen-bond acceptors (Lipinski definition) is 4. The van der Waals surface area contributed by atoms with Crippen molar-refractivity contribution in [3.05, 3.63) is 16.7 Å². The Labute approximate surface area is 79.6 Å². The minimum Gasteiger partial charge on any atom is -0.506 e. The van der Waals surface area contributed by atoms with Gasteiger partial charge in [0.05, 0.1) is 5.02 Å². The van der Waals surface area contributed by atoms with Crippen molar-refractivity contribution in [3.63, 3.8) is 0 Å². The minimum absolute atomic E-state index is 0.0515. The molecule has 0 unspecified atom stereocenters. The fourth-order valence-corrected chi connectivity index (χ4v) is 1.25. The van der Waals surface area contributed by atoms with Gasteiger partial charge in [0.2, 0.25) is 0 Å². The van der Waals surface area contributed by atoms with E-state index in [2.05, 4.69) is 0 Å². The van der Waals surface area contributed by atoms with Gasteiger partial charge in [-0.15, -0.1) is 0 Å². The van der Waals surface area contributed by atoms with Gasteiger partial charge in [0.25, 0.3) is 0 Å². The Morgan fingerprint density at radius 3 is 2.31 bits per heavy atom. The molecule has 0 aliphatic heterocycles. The highest BCUT2D eigenvalue weighted by Gasteiger charge is 2.14. The predicted molar refractivity (Wildman–Crippen MR) is 47.2 cm³/mol. The fourth-order valence-electron chi connectivity index (χ4n) is 1.01. The maximum Gasteiger partial charge on any atom is 0.162 e. The Hall–Kier alpha value is -1.13. The first-order valence-electron chi connectivity index (χ1n) is 3.61. The summed E-state index contributed by atoms with van der Waals surface area (Å²) in [5.41, 5.74) is 0.140. The molecule has 4 N–H and O–H groups in total. The van der Waals surface area contributed by atoms with Gasteiger partial charge < -0.3 is 20.4 Å². The lowest BCUT2D eigenvalue weighted by atomic mass is 10.1. The monoisotopic (exact) mass is 204 g/mol. The first-order chi connectivity index (χ1) is 6.07. The number of halogens is 1. The van der Waals surface area contributed by atoms with Crippen LogP contribution in [0.4, 0.5) is 0 Å². The van der Waals surface area contributed by atoms with Gasteiger partial charge in [0, 0.05) is 24.7 Å². The molecule has 0 radical (unpaired) electrons. The summed E-state index contributed by atoms with van der Waals surface area (Å²) in [5, 5.41) is 36.1. The van der Waals surface area contributed by atoms with Crippen molar-refractivity contribution in [3.8, 4) is 17.2 Å². The van der Waals surface area contributed by atoms with Crippen molar-refractivity contribution in [2.24, 2.45) is 0 Å². The zero-order chi connectivity index (χ0) is 10.0. The summed E-state index contributed by atoms with van der Waals surface area (Å²) in [6, 6.07) is 0.943. The molecule has 0 saturated carbocycles. The van der Waals surface area contributed by atoms with Crippen LogP contribution in [0.3, 0.4) is 0 Å². The second-order valence-corrected chi connectivity index (χ2v) is 2.91. The summed E-state index contributed by atoms with van der Waals surface area (Å²) < 4.78 is 0. The predicted octanol–water partition coefficient (Wildman–Crippen LogP) is 0.992. The number of benzene rings is 1. The second kappa shape index (κ2) is 3.72. The van der Waals surface area contributed by atoms with Gasteiger partial charge in [-0.2, -0.15) is 0 Å². The van der Waals surface area contributed by atoms with Gasteiger partial charge in [-0.25, -0.2) is 0 Å². The number of aliphatic hydroxyl groups excluding tert-OH is 1. The number of hydrogen-bond donors (Lipinski definition) is 4. The minimum atomic E-state index is -0.453. The van der Waals surface area contributed by atoms with Crippen LogP contribution in [-0.4, -0.2) is 27.0 Å². The van der Waals surface area contributed by atoms with Gasteiger partial charge in [0.1, 0.15) is 5.75 Å². The lowest BCUT2D eigenvalue weighted by Gasteiger charge is -2.08. The van der Waals surface area contributed by atoms with Gasteiger partial charge in [0.15, 0.2) is 11.5 Å². The number of aromatic hydroxyl groups is 3. The molecule has 1 aromatic rings. The van der Waals surface area contributed by atoms with E-state index in [0.29, 0.717) is 0 Å². The quantitative estimate of drug-likeness (QED) is 0.428. The number of rotatable bonds is 2. The molecule has 5 heteroatoms. The summed E-state index contributed by atoms with van der Waals surface area (Å²) >= 11 is 5.62. The molecule has 4 nitrogen and oxygen atoms in total. The summed E-state index contributed by atoms with van der Waals surface area (Å²) in [6.45, 7) is -0.226. The van der Waals surface area contributed by atoms with E-state index in [-0.39, 0.29) is 29.4 Å². The Bertz CT molecular complexity index is 298. The van der Waals surface area contributed by atoms with Crippen LogP contribution in [0.2, 0.25) is 5.02 Å². The van der Waals surface area contributed by atoms with Crippen LogP contribution in [0.1, 0.15) is 5.56 Å². The second-order valence-electron chi connectivity index (χ2n) is 2.53. The number of aliphatic hydroxyl groups is 1. The zero-order valence-corrected chi connectivity index (χ0v) is 7.41. The Balaban J connectivity index is 3.28. The molecule has 1 aromatic carbocycles. The van der Waals surface area contributed by atoms with Crippen LogP contribution >= 0.6 is 11.6 Å². The molecule has 0 fully saturated rings. The Morgan fingerprint density at radius 1 is 1.15 bits per heavy atom.